The molecule has 168 valence electrons. The van der Waals surface area contributed by atoms with Crippen LogP contribution in [0.25, 0.3) is 0 Å². The van der Waals surface area contributed by atoms with Gasteiger partial charge in [0.05, 0.1) is 10.6 Å². The summed E-state index contributed by atoms with van der Waals surface area (Å²) in [4.78, 5) is 14.2. The van der Waals surface area contributed by atoms with Crippen molar-refractivity contribution in [3.8, 4) is 0 Å². The minimum atomic E-state index is -3.73. The van der Waals surface area contributed by atoms with E-state index >= 15 is 0 Å². The molecule has 1 aromatic heterocycles. The van der Waals surface area contributed by atoms with Crippen molar-refractivity contribution in [3.05, 3.63) is 41.3 Å². The molecule has 1 saturated heterocycles. The minimum Gasteiger partial charge on any atom is -0.357 e. The fourth-order valence-electron chi connectivity index (χ4n) is 4.09. The number of benzene rings is 1. The first-order chi connectivity index (χ1) is 14.8. The van der Waals surface area contributed by atoms with Gasteiger partial charge in [-0.25, -0.2) is 17.8 Å². The molecule has 2 aromatic rings. The lowest BCUT2D eigenvalue weighted by Crippen LogP contribution is -2.39. The quantitative estimate of drug-likeness (QED) is 0.701. The summed E-state index contributed by atoms with van der Waals surface area (Å²) in [5, 5.41) is 0. The normalized spacial score (nSPS) is 17.6. The van der Waals surface area contributed by atoms with E-state index < -0.39 is 15.8 Å². The molecule has 0 saturated carbocycles. The van der Waals surface area contributed by atoms with Crippen LogP contribution in [0.3, 0.4) is 0 Å². The van der Waals surface area contributed by atoms with Crippen molar-refractivity contribution in [1.29, 1.82) is 0 Å². The lowest BCUT2D eigenvalue weighted by atomic mass is 10.1. The van der Waals surface area contributed by atoms with E-state index in [0.29, 0.717) is 13.0 Å². The lowest BCUT2D eigenvalue weighted by molar-refractivity contribution is 0.386. The number of hydrogen-bond acceptors (Lipinski definition) is 6. The summed E-state index contributed by atoms with van der Waals surface area (Å²) >= 11 is 0. The second-order valence-electron chi connectivity index (χ2n) is 8.57. The molecular weight excluding hydrogens is 417 g/mol. The Morgan fingerprint density at radius 3 is 2.35 bits per heavy atom. The largest absolute Gasteiger partial charge is 0.357 e. The Morgan fingerprint density at radius 2 is 1.71 bits per heavy atom. The molecule has 3 heterocycles. The molecule has 0 radical (unpaired) electrons. The number of nitrogens with zero attached hydrogens (tertiary/aromatic N) is 5. The zero-order chi connectivity index (χ0) is 22.2. The number of halogens is 1. The van der Waals surface area contributed by atoms with Gasteiger partial charge < -0.3 is 9.80 Å². The average Bonchev–Trinajstić information content (AvgIpc) is 2.78. The molecule has 31 heavy (non-hydrogen) atoms. The van der Waals surface area contributed by atoms with Gasteiger partial charge in [0.15, 0.2) is 0 Å². The molecule has 0 N–H and O–H groups in total. The number of fused-ring (bicyclic) bond motifs is 1. The molecule has 0 atom stereocenters. The number of rotatable bonds is 5. The molecule has 2 aliphatic heterocycles. The summed E-state index contributed by atoms with van der Waals surface area (Å²) in [5.41, 5.74) is 1.78. The molecule has 0 unspecified atom stereocenters. The van der Waals surface area contributed by atoms with Gasteiger partial charge >= 0.3 is 0 Å². The van der Waals surface area contributed by atoms with E-state index in [9.17, 15) is 12.8 Å². The van der Waals surface area contributed by atoms with Gasteiger partial charge in [0, 0.05) is 51.3 Å². The van der Waals surface area contributed by atoms with Crippen LogP contribution >= 0.6 is 0 Å². The molecule has 4 rings (SSSR count). The summed E-state index contributed by atoms with van der Waals surface area (Å²) < 4.78 is 41.1. The number of piperidine rings is 1. The van der Waals surface area contributed by atoms with Crippen LogP contribution < -0.4 is 9.80 Å². The van der Waals surface area contributed by atoms with E-state index in [-0.39, 0.29) is 17.5 Å². The monoisotopic (exact) mass is 447 g/mol. The third-order valence-corrected chi connectivity index (χ3v) is 8.05. The van der Waals surface area contributed by atoms with Gasteiger partial charge in [0.2, 0.25) is 16.0 Å². The van der Waals surface area contributed by atoms with Crippen molar-refractivity contribution in [2.45, 2.75) is 57.0 Å². The van der Waals surface area contributed by atoms with Crippen LogP contribution in [0.2, 0.25) is 0 Å². The molecule has 9 heteroatoms. The summed E-state index contributed by atoms with van der Waals surface area (Å²) in [5.74, 6) is 1.08. The minimum absolute atomic E-state index is 0.0990. The Labute approximate surface area is 184 Å². The Morgan fingerprint density at radius 1 is 1.03 bits per heavy atom. The van der Waals surface area contributed by atoms with E-state index in [1.165, 1.54) is 35.0 Å². The fourth-order valence-corrected chi connectivity index (χ4v) is 5.50. The summed E-state index contributed by atoms with van der Waals surface area (Å²) in [7, 11) is -1.75. The van der Waals surface area contributed by atoms with Gasteiger partial charge in [0.1, 0.15) is 11.6 Å². The highest BCUT2D eigenvalue weighted by atomic mass is 32.2. The first-order valence-corrected chi connectivity index (χ1v) is 12.3. The summed E-state index contributed by atoms with van der Waals surface area (Å²) in [6.45, 7) is 6.63. The smallest absolute Gasteiger partial charge is 0.243 e. The molecule has 1 fully saturated rings. The summed E-state index contributed by atoms with van der Waals surface area (Å²) in [6, 6.07) is 5.19. The van der Waals surface area contributed by atoms with Crippen LogP contribution in [0.5, 0.6) is 0 Å². The van der Waals surface area contributed by atoms with E-state index in [1.807, 2.05) is 7.05 Å². The molecule has 0 aliphatic carbocycles. The Bertz CT molecular complexity index is 1040. The van der Waals surface area contributed by atoms with Crippen molar-refractivity contribution >= 4 is 21.8 Å². The predicted octanol–water partition coefficient (Wildman–Crippen LogP) is 3.20. The Balaban J connectivity index is 1.71. The fraction of sp³-hybridized carbons (Fsp3) is 0.545. The van der Waals surface area contributed by atoms with Crippen LogP contribution in [0, 0.1) is 5.82 Å². The number of hydrogen-bond donors (Lipinski definition) is 0. The van der Waals surface area contributed by atoms with E-state index in [4.69, 9.17) is 9.97 Å². The highest BCUT2D eigenvalue weighted by Gasteiger charge is 2.33. The predicted molar refractivity (Wildman–Crippen MR) is 119 cm³/mol. The summed E-state index contributed by atoms with van der Waals surface area (Å²) in [6.07, 6.45) is 4.04. The standard InChI is InChI=1S/C22H30FN5O2S/c1-16(2)26(3)21-19-15-28(31(29,30)18-9-7-17(23)8-10-18)14-11-20(19)24-22(25-21)27-12-5-4-6-13-27/h7-10,16H,4-6,11-15H2,1-3H3. The van der Waals surface area contributed by atoms with E-state index in [2.05, 4.69) is 23.6 Å². The van der Waals surface area contributed by atoms with Gasteiger partial charge in [-0.3, -0.25) is 0 Å². The van der Waals surface area contributed by atoms with Gasteiger partial charge in [-0.15, -0.1) is 0 Å². The molecular formula is C22H30FN5O2S. The third-order valence-electron chi connectivity index (χ3n) is 6.19. The Hall–Kier alpha value is -2.26. The SMILES string of the molecule is CC(C)N(C)c1nc(N2CCCCC2)nc2c1CN(S(=O)(=O)c1ccc(F)cc1)CC2. The van der Waals surface area contributed by atoms with Gasteiger partial charge in [-0.1, -0.05) is 0 Å². The molecule has 0 spiro atoms. The van der Waals surface area contributed by atoms with Crippen molar-refractivity contribution < 1.29 is 12.8 Å². The van der Waals surface area contributed by atoms with Crippen LogP contribution in [-0.4, -0.2) is 55.4 Å². The lowest BCUT2D eigenvalue weighted by Gasteiger charge is -2.34. The highest BCUT2D eigenvalue weighted by Crippen LogP contribution is 2.32. The molecule has 0 bridgehead atoms. The van der Waals surface area contributed by atoms with E-state index in [1.54, 1.807) is 0 Å². The number of aromatic nitrogens is 2. The highest BCUT2D eigenvalue weighted by molar-refractivity contribution is 7.89. The topological polar surface area (TPSA) is 69.6 Å². The average molecular weight is 448 g/mol. The van der Waals surface area contributed by atoms with Crippen molar-refractivity contribution in [2.24, 2.45) is 0 Å². The second-order valence-corrected chi connectivity index (χ2v) is 10.5. The van der Waals surface area contributed by atoms with Crippen LogP contribution in [0.15, 0.2) is 29.2 Å². The maximum atomic E-state index is 13.3. The van der Waals surface area contributed by atoms with Crippen molar-refractivity contribution in [3.63, 3.8) is 0 Å². The van der Waals surface area contributed by atoms with Crippen molar-refractivity contribution in [1.82, 2.24) is 14.3 Å². The molecule has 0 amide bonds. The van der Waals surface area contributed by atoms with Crippen LogP contribution in [0.1, 0.15) is 44.4 Å². The maximum Gasteiger partial charge on any atom is 0.243 e. The van der Waals surface area contributed by atoms with Crippen molar-refractivity contribution in [2.75, 3.05) is 36.5 Å². The third kappa shape index (κ3) is 4.39. The Kier molecular flexibility index (Phi) is 6.16. The van der Waals surface area contributed by atoms with Crippen LogP contribution in [-0.2, 0) is 23.0 Å². The zero-order valence-electron chi connectivity index (χ0n) is 18.4. The molecule has 7 nitrogen and oxygen atoms in total. The van der Waals surface area contributed by atoms with E-state index in [0.717, 1.165) is 49.0 Å². The van der Waals surface area contributed by atoms with Gasteiger partial charge in [-0.2, -0.15) is 9.29 Å². The zero-order valence-corrected chi connectivity index (χ0v) is 19.2. The molecule has 1 aromatic carbocycles. The second kappa shape index (κ2) is 8.70. The van der Waals surface area contributed by atoms with Crippen LogP contribution in [0.4, 0.5) is 16.2 Å². The van der Waals surface area contributed by atoms with Gasteiger partial charge in [-0.05, 0) is 57.4 Å². The first kappa shape index (κ1) is 22.0. The number of sulfonamides is 1. The number of anilines is 2. The van der Waals surface area contributed by atoms with Gasteiger partial charge in [0.25, 0.3) is 0 Å². The first-order valence-electron chi connectivity index (χ1n) is 10.9. The molecule has 2 aliphatic rings. The maximum absolute atomic E-state index is 13.3.